The molecule has 4 aromatic rings. The number of aryl methyl sites for hydroxylation is 1. The Morgan fingerprint density at radius 3 is 2.96 bits per heavy atom. The first kappa shape index (κ1) is 16.1. The van der Waals surface area contributed by atoms with Crippen LogP contribution in [0.25, 0.3) is 16.6 Å². The van der Waals surface area contributed by atoms with E-state index in [1.54, 1.807) is 10.7 Å². The molecule has 4 heterocycles. The molecule has 6 heteroatoms. The molecule has 1 unspecified atom stereocenters. The van der Waals surface area contributed by atoms with Crippen LogP contribution in [0.3, 0.4) is 0 Å². The maximum Gasteiger partial charge on any atom is 0.256 e. The third kappa shape index (κ3) is 2.60. The Kier molecular flexibility index (Phi) is 3.70. The van der Waals surface area contributed by atoms with E-state index in [9.17, 15) is 4.79 Å². The highest BCUT2D eigenvalue weighted by atomic mass is 16.2. The fourth-order valence-corrected chi connectivity index (χ4v) is 4.16. The zero-order chi connectivity index (χ0) is 18.4. The highest BCUT2D eigenvalue weighted by molar-refractivity contribution is 6.07. The van der Waals surface area contributed by atoms with Gasteiger partial charge in [0.25, 0.3) is 5.91 Å². The third-order valence-electron chi connectivity index (χ3n) is 5.51. The van der Waals surface area contributed by atoms with Crippen molar-refractivity contribution in [2.45, 2.75) is 25.3 Å². The minimum absolute atomic E-state index is 0.00474. The lowest BCUT2D eigenvalue weighted by atomic mass is 9.98. The number of rotatable bonds is 2. The molecule has 136 valence electrons. The molecule has 1 atom stereocenters. The Balaban J connectivity index is 1.55. The first-order valence-electron chi connectivity index (χ1n) is 9.38. The molecule has 1 saturated heterocycles. The Labute approximate surface area is 157 Å². The summed E-state index contributed by atoms with van der Waals surface area (Å²) >= 11 is 0. The largest absolute Gasteiger partial charge is 0.350 e. The second-order valence-corrected chi connectivity index (χ2v) is 7.17. The van der Waals surface area contributed by atoms with Crippen LogP contribution in [0.15, 0.2) is 55.0 Å². The fraction of sp³-hybridized carbons (Fsp3) is 0.286. The molecule has 6 nitrogen and oxygen atoms in total. The lowest BCUT2D eigenvalue weighted by Gasteiger charge is -2.35. The number of hydrogen-bond donors (Lipinski definition) is 0. The van der Waals surface area contributed by atoms with Crippen LogP contribution < -0.4 is 0 Å². The Morgan fingerprint density at radius 2 is 2.04 bits per heavy atom. The van der Waals surface area contributed by atoms with E-state index in [1.165, 1.54) is 0 Å². The van der Waals surface area contributed by atoms with Gasteiger partial charge in [-0.05, 0) is 31.4 Å². The van der Waals surface area contributed by atoms with Crippen molar-refractivity contribution in [1.29, 1.82) is 0 Å². The predicted octanol–water partition coefficient (Wildman–Crippen LogP) is 3.59. The molecule has 0 radical (unpaired) electrons. The topological polar surface area (TPSA) is 55.4 Å². The Bertz CT molecular complexity index is 1140. The lowest BCUT2D eigenvalue weighted by Crippen LogP contribution is -2.38. The summed E-state index contributed by atoms with van der Waals surface area (Å²) in [6.45, 7) is 0.763. The number of piperidine rings is 1. The zero-order valence-corrected chi connectivity index (χ0v) is 15.2. The second kappa shape index (κ2) is 6.23. The number of carbonyl (C=O) groups is 1. The van der Waals surface area contributed by atoms with Crippen molar-refractivity contribution >= 4 is 22.5 Å². The maximum absolute atomic E-state index is 13.5. The highest BCUT2D eigenvalue weighted by Gasteiger charge is 2.31. The SMILES string of the molecule is Cn1cc(C(=O)N2CCCCC2c2ccn3nccc3n2)c2ccccc21. The molecule has 0 saturated carbocycles. The second-order valence-electron chi connectivity index (χ2n) is 7.17. The monoisotopic (exact) mass is 359 g/mol. The van der Waals surface area contributed by atoms with Crippen LogP contribution in [0.4, 0.5) is 0 Å². The number of hydrogen-bond acceptors (Lipinski definition) is 3. The van der Waals surface area contributed by atoms with Crippen molar-refractivity contribution in [2.75, 3.05) is 6.54 Å². The van der Waals surface area contributed by atoms with Gasteiger partial charge in [-0.15, -0.1) is 0 Å². The van der Waals surface area contributed by atoms with Gasteiger partial charge in [-0.2, -0.15) is 5.10 Å². The van der Waals surface area contributed by atoms with Crippen molar-refractivity contribution < 1.29 is 4.79 Å². The van der Waals surface area contributed by atoms with Crippen LogP contribution in [0, 0.1) is 0 Å². The van der Waals surface area contributed by atoms with Gasteiger partial charge in [-0.1, -0.05) is 18.2 Å². The number of amides is 1. The number of nitrogens with zero attached hydrogens (tertiary/aromatic N) is 5. The molecule has 0 N–H and O–H groups in total. The number of fused-ring (bicyclic) bond motifs is 2. The van der Waals surface area contributed by atoms with Crippen molar-refractivity contribution in [3.63, 3.8) is 0 Å². The molecule has 5 rings (SSSR count). The maximum atomic E-state index is 13.5. The summed E-state index contributed by atoms with van der Waals surface area (Å²) in [5, 5.41) is 5.22. The quantitative estimate of drug-likeness (QED) is 0.550. The van der Waals surface area contributed by atoms with Gasteiger partial charge in [0.05, 0.1) is 23.5 Å². The molecule has 3 aromatic heterocycles. The van der Waals surface area contributed by atoms with Crippen molar-refractivity contribution in [1.82, 2.24) is 24.1 Å². The lowest BCUT2D eigenvalue weighted by molar-refractivity contribution is 0.0608. The molecule has 1 aliphatic heterocycles. The number of carbonyl (C=O) groups excluding carboxylic acids is 1. The number of benzene rings is 1. The van der Waals surface area contributed by atoms with Gasteiger partial charge in [0.1, 0.15) is 0 Å². The molecule has 27 heavy (non-hydrogen) atoms. The molecule has 0 bridgehead atoms. The average Bonchev–Trinajstić information content (AvgIpc) is 3.32. The van der Waals surface area contributed by atoms with E-state index < -0.39 is 0 Å². The van der Waals surface area contributed by atoms with Crippen LogP contribution in [0.2, 0.25) is 0 Å². The van der Waals surface area contributed by atoms with Gasteiger partial charge >= 0.3 is 0 Å². The summed E-state index contributed by atoms with van der Waals surface area (Å²) in [7, 11) is 1.99. The summed E-state index contributed by atoms with van der Waals surface area (Å²) in [6, 6.07) is 12.0. The highest BCUT2D eigenvalue weighted by Crippen LogP contribution is 2.33. The predicted molar refractivity (Wildman–Crippen MR) is 104 cm³/mol. The Morgan fingerprint density at radius 1 is 1.15 bits per heavy atom. The van der Waals surface area contributed by atoms with Crippen molar-refractivity contribution in [3.8, 4) is 0 Å². The number of para-hydroxylation sites is 1. The van der Waals surface area contributed by atoms with Crippen LogP contribution in [-0.4, -0.2) is 36.5 Å². The van der Waals surface area contributed by atoms with E-state index in [0.717, 1.165) is 53.6 Å². The van der Waals surface area contributed by atoms with E-state index in [1.807, 2.05) is 59.2 Å². The molecular weight excluding hydrogens is 338 g/mol. The van der Waals surface area contributed by atoms with Crippen LogP contribution in [0.1, 0.15) is 41.4 Å². The van der Waals surface area contributed by atoms with Gasteiger partial charge in [0.15, 0.2) is 5.65 Å². The first-order chi connectivity index (χ1) is 13.2. The van der Waals surface area contributed by atoms with E-state index in [4.69, 9.17) is 4.98 Å². The van der Waals surface area contributed by atoms with Gasteiger partial charge in [0, 0.05) is 43.0 Å². The first-order valence-corrected chi connectivity index (χ1v) is 9.38. The van der Waals surface area contributed by atoms with Crippen LogP contribution >= 0.6 is 0 Å². The van der Waals surface area contributed by atoms with Gasteiger partial charge in [-0.25, -0.2) is 9.50 Å². The van der Waals surface area contributed by atoms with Crippen LogP contribution in [0.5, 0.6) is 0 Å². The Hall–Kier alpha value is -3.15. The summed E-state index contributed by atoms with van der Waals surface area (Å²) in [4.78, 5) is 20.2. The van der Waals surface area contributed by atoms with Gasteiger partial charge < -0.3 is 9.47 Å². The number of likely N-dealkylation sites (tertiary alicyclic amines) is 1. The van der Waals surface area contributed by atoms with Gasteiger partial charge in [0.2, 0.25) is 0 Å². The third-order valence-corrected chi connectivity index (χ3v) is 5.51. The molecule has 1 aromatic carbocycles. The molecule has 0 aliphatic carbocycles. The molecule has 1 amide bonds. The molecule has 0 spiro atoms. The summed E-state index contributed by atoms with van der Waals surface area (Å²) in [5.74, 6) is 0.0895. The average molecular weight is 359 g/mol. The summed E-state index contributed by atoms with van der Waals surface area (Å²) in [5.41, 5.74) is 3.60. The molecule has 1 fully saturated rings. The van der Waals surface area contributed by atoms with E-state index >= 15 is 0 Å². The fourth-order valence-electron chi connectivity index (χ4n) is 4.16. The number of aromatic nitrogens is 4. The smallest absolute Gasteiger partial charge is 0.256 e. The van der Waals surface area contributed by atoms with Crippen molar-refractivity contribution in [3.05, 3.63) is 66.2 Å². The standard InChI is InChI=1S/C21H21N5O/c1-24-14-16(15-6-2-3-7-18(15)24)21(27)25-12-5-4-8-19(25)17-10-13-26-20(23-17)9-11-22-26/h2-3,6-7,9-11,13-14,19H,4-5,8,12H2,1H3. The van der Waals surface area contributed by atoms with E-state index in [2.05, 4.69) is 11.2 Å². The van der Waals surface area contributed by atoms with Crippen LogP contribution in [-0.2, 0) is 7.05 Å². The van der Waals surface area contributed by atoms with Gasteiger partial charge in [-0.3, -0.25) is 4.79 Å². The zero-order valence-electron chi connectivity index (χ0n) is 15.2. The summed E-state index contributed by atoms with van der Waals surface area (Å²) < 4.78 is 3.78. The van der Waals surface area contributed by atoms with E-state index in [0.29, 0.717) is 0 Å². The van der Waals surface area contributed by atoms with Crippen molar-refractivity contribution in [2.24, 2.45) is 7.05 Å². The minimum atomic E-state index is 0.00474. The molecule has 1 aliphatic rings. The molecular formula is C21H21N5O. The summed E-state index contributed by atoms with van der Waals surface area (Å²) in [6.07, 6.45) is 8.69. The van der Waals surface area contributed by atoms with E-state index in [-0.39, 0.29) is 11.9 Å². The minimum Gasteiger partial charge on any atom is -0.350 e. The normalized spacial score (nSPS) is 17.7.